The lowest BCUT2D eigenvalue weighted by Gasteiger charge is -2.20. The van der Waals surface area contributed by atoms with Crippen LogP contribution in [0, 0.1) is 11.8 Å². The molecule has 2 rings (SSSR count). The van der Waals surface area contributed by atoms with Gasteiger partial charge in [0.15, 0.2) is 0 Å². The van der Waals surface area contributed by atoms with E-state index >= 15 is 0 Å². The number of rotatable bonds is 0. The zero-order valence-corrected chi connectivity index (χ0v) is 6.14. The van der Waals surface area contributed by atoms with Crippen LogP contribution in [-0.2, 0) is 0 Å². The van der Waals surface area contributed by atoms with Crippen LogP contribution in [0.3, 0.4) is 0 Å². The van der Waals surface area contributed by atoms with E-state index in [4.69, 9.17) is 17.3 Å². The predicted octanol–water partition coefficient (Wildman–Crippen LogP) is 1.35. The minimum absolute atomic E-state index is 0.454. The molecule has 1 nitrogen and oxygen atoms in total. The average molecular weight is 146 g/mol. The van der Waals surface area contributed by atoms with Crippen molar-refractivity contribution in [2.75, 3.05) is 0 Å². The lowest BCUT2D eigenvalue weighted by molar-refractivity contribution is 0.423. The summed E-state index contributed by atoms with van der Waals surface area (Å²) in [6, 6.07) is 0.477. The average Bonchev–Trinajstić information content (AvgIpc) is 2.24. The van der Waals surface area contributed by atoms with Gasteiger partial charge in [0.25, 0.3) is 0 Å². The number of hydrogen-bond donors (Lipinski definition) is 1. The lowest BCUT2D eigenvalue weighted by atomic mass is 9.96. The van der Waals surface area contributed by atoms with Crippen LogP contribution in [0.15, 0.2) is 0 Å². The number of fused-ring (bicyclic) bond motifs is 2. The van der Waals surface area contributed by atoms with Crippen molar-refractivity contribution in [3.8, 4) is 0 Å². The fourth-order valence-corrected chi connectivity index (χ4v) is 2.68. The van der Waals surface area contributed by atoms with Crippen LogP contribution in [0.2, 0.25) is 0 Å². The molecule has 0 heterocycles. The van der Waals surface area contributed by atoms with Crippen molar-refractivity contribution in [2.45, 2.75) is 30.7 Å². The Morgan fingerprint density at radius 2 is 1.89 bits per heavy atom. The van der Waals surface area contributed by atoms with Crippen LogP contribution in [0.1, 0.15) is 19.3 Å². The monoisotopic (exact) mass is 145 g/mol. The fourth-order valence-electron chi connectivity index (χ4n) is 2.25. The van der Waals surface area contributed by atoms with Gasteiger partial charge in [0.2, 0.25) is 0 Å². The van der Waals surface area contributed by atoms with Gasteiger partial charge in [-0.1, -0.05) is 0 Å². The first kappa shape index (κ1) is 5.99. The van der Waals surface area contributed by atoms with E-state index in [9.17, 15) is 0 Å². The van der Waals surface area contributed by atoms with Gasteiger partial charge < -0.3 is 5.73 Å². The molecule has 0 aromatic rings. The number of halogens is 1. The van der Waals surface area contributed by atoms with Crippen molar-refractivity contribution in [2.24, 2.45) is 17.6 Å². The second kappa shape index (κ2) is 1.86. The summed E-state index contributed by atoms with van der Waals surface area (Å²) in [6.45, 7) is 0. The maximum atomic E-state index is 6.02. The molecule has 9 heavy (non-hydrogen) atoms. The summed E-state index contributed by atoms with van der Waals surface area (Å²) in [6.07, 6.45) is 3.65. The molecule has 0 amide bonds. The minimum Gasteiger partial charge on any atom is -0.327 e. The molecule has 2 aliphatic rings. The Balaban J connectivity index is 2.10. The van der Waals surface area contributed by atoms with Gasteiger partial charge >= 0.3 is 0 Å². The number of alkyl halides is 1. The Morgan fingerprint density at radius 1 is 1.11 bits per heavy atom. The van der Waals surface area contributed by atoms with Gasteiger partial charge in [-0.2, -0.15) is 0 Å². The molecule has 2 bridgehead atoms. The minimum atomic E-state index is 0.454. The maximum Gasteiger partial charge on any atom is 0.0368 e. The third-order valence-corrected chi connectivity index (χ3v) is 3.36. The van der Waals surface area contributed by atoms with Crippen LogP contribution < -0.4 is 5.73 Å². The standard InChI is InChI=1S/C7H12ClN/c8-6-2-5-1-4(6)3-7(5)9/h4-7H,1-3,9H2/t4-,5-,6-,7+/m1/s1. The molecular formula is C7H12ClN. The first-order chi connectivity index (χ1) is 4.27. The van der Waals surface area contributed by atoms with E-state index in [0.717, 1.165) is 11.8 Å². The predicted molar refractivity (Wildman–Crippen MR) is 38.4 cm³/mol. The second-order valence-corrected chi connectivity index (χ2v) is 3.97. The van der Waals surface area contributed by atoms with Crippen LogP contribution >= 0.6 is 11.6 Å². The smallest absolute Gasteiger partial charge is 0.0368 e. The Morgan fingerprint density at radius 3 is 2.22 bits per heavy atom. The van der Waals surface area contributed by atoms with E-state index in [1.165, 1.54) is 19.3 Å². The molecule has 0 aromatic heterocycles. The quantitative estimate of drug-likeness (QED) is 0.512. The SMILES string of the molecule is N[C@H]1C[C@H]2C[C@@H]1C[C@H]2Cl. The van der Waals surface area contributed by atoms with Gasteiger partial charge in [0.05, 0.1) is 0 Å². The Hall–Kier alpha value is 0.250. The number of nitrogens with two attached hydrogens (primary N) is 1. The van der Waals surface area contributed by atoms with Crippen molar-refractivity contribution in [3.63, 3.8) is 0 Å². The topological polar surface area (TPSA) is 26.0 Å². The summed E-state index contributed by atoms with van der Waals surface area (Å²) in [5.41, 5.74) is 5.82. The largest absolute Gasteiger partial charge is 0.327 e. The highest BCUT2D eigenvalue weighted by Crippen LogP contribution is 2.46. The molecule has 2 saturated carbocycles. The van der Waals surface area contributed by atoms with Crippen LogP contribution in [0.4, 0.5) is 0 Å². The van der Waals surface area contributed by atoms with Gasteiger partial charge in [-0.15, -0.1) is 11.6 Å². The molecule has 2 heteroatoms. The fraction of sp³-hybridized carbons (Fsp3) is 1.00. The van der Waals surface area contributed by atoms with E-state index in [1.807, 2.05) is 0 Å². The summed E-state index contributed by atoms with van der Waals surface area (Å²) >= 11 is 6.02. The molecule has 0 unspecified atom stereocenters. The maximum absolute atomic E-state index is 6.02. The highest BCUT2D eigenvalue weighted by molar-refractivity contribution is 6.21. The van der Waals surface area contributed by atoms with Gasteiger partial charge in [0.1, 0.15) is 0 Å². The summed E-state index contributed by atoms with van der Waals surface area (Å²) in [4.78, 5) is 0. The molecule has 0 aromatic carbocycles. The third kappa shape index (κ3) is 0.786. The highest BCUT2D eigenvalue weighted by Gasteiger charge is 2.43. The van der Waals surface area contributed by atoms with E-state index in [2.05, 4.69) is 0 Å². The second-order valence-electron chi connectivity index (χ2n) is 3.41. The first-order valence-corrected chi connectivity index (χ1v) is 4.10. The van der Waals surface area contributed by atoms with Gasteiger partial charge in [0, 0.05) is 11.4 Å². The molecule has 0 spiro atoms. The van der Waals surface area contributed by atoms with E-state index < -0.39 is 0 Å². The highest BCUT2D eigenvalue weighted by atomic mass is 35.5. The summed E-state index contributed by atoms with van der Waals surface area (Å²) in [7, 11) is 0. The Labute approximate surface area is 60.6 Å². The zero-order valence-electron chi connectivity index (χ0n) is 5.39. The van der Waals surface area contributed by atoms with E-state index in [1.54, 1.807) is 0 Å². The van der Waals surface area contributed by atoms with Crippen molar-refractivity contribution in [3.05, 3.63) is 0 Å². The molecule has 4 atom stereocenters. The molecule has 2 N–H and O–H groups in total. The Bertz CT molecular complexity index is 108. The molecule has 0 saturated heterocycles. The lowest BCUT2D eigenvalue weighted by Crippen LogP contribution is -2.29. The van der Waals surface area contributed by atoms with Crippen molar-refractivity contribution in [1.29, 1.82) is 0 Å². The van der Waals surface area contributed by atoms with Crippen LogP contribution in [0.5, 0.6) is 0 Å². The normalized spacial score (nSPS) is 56.7. The molecule has 0 radical (unpaired) electrons. The van der Waals surface area contributed by atoms with Crippen molar-refractivity contribution in [1.82, 2.24) is 0 Å². The van der Waals surface area contributed by atoms with Crippen LogP contribution in [-0.4, -0.2) is 11.4 Å². The molecular weight excluding hydrogens is 134 g/mol. The van der Waals surface area contributed by atoms with Gasteiger partial charge in [-0.3, -0.25) is 0 Å². The summed E-state index contributed by atoms with van der Waals surface area (Å²) in [5.74, 6) is 1.52. The number of hydrogen-bond acceptors (Lipinski definition) is 1. The molecule has 52 valence electrons. The summed E-state index contributed by atoms with van der Waals surface area (Å²) < 4.78 is 0. The molecule has 2 fully saturated rings. The first-order valence-electron chi connectivity index (χ1n) is 3.67. The summed E-state index contributed by atoms with van der Waals surface area (Å²) in [5, 5.41) is 0.454. The van der Waals surface area contributed by atoms with Crippen LogP contribution in [0.25, 0.3) is 0 Å². The van der Waals surface area contributed by atoms with Crippen molar-refractivity contribution >= 4 is 11.6 Å². The van der Waals surface area contributed by atoms with Gasteiger partial charge in [-0.25, -0.2) is 0 Å². The Kier molecular flexibility index (Phi) is 1.24. The molecule has 2 aliphatic carbocycles. The van der Waals surface area contributed by atoms with E-state index in [0.29, 0.717) is 11.4 Å². The zero-order chi connectivity index (χ0) is 6.43. The van der Waals surface area contributed by atoms with E-state index in [-0.39, 0.29) is 0 Å². The molecule has 0 aliphatic heterocycles. The third-order valence-electron chi connectivity index (χ3n) is 2.83. The van der Waals surface area contributed by atoms with Crippen molar-refractivity contribution < 1.29 is 0 Å². The van der Waals surface area contributed by atoms with Gasteiger partial charge in [-0.05, 0) is 31.1 Å².